The van der Waals surface area contributed by atoms with Gasteiger partial charge >= 0.3 is 12.3 Å². The topological polar surface area (TPSA) is 108 Å². The highest BCUT2D eigenvalue weighted by atomic mass is 19.4. The molecule has 23 heavy (non-hydrogen) atoms. The zero-order valence-electron chi connectivity index (χ0n) is 11.7. The fraction of sp³-hybridized carbons (Fsp3) is 0.308. The Bertz CT molecular complexity index is 563. The highest BCUT2D eigenvalue weighted by Crippen LogP contribution is 2.19. The van der Waals surface area contributed by atoms with Gasteiger partial charge in [-0.1, -0.05) is 30.3 Å². The van der Waals surface area contributed by atoms with Gasteiger partial charge in [0.15, 0.2) is 0 Å². The molecule has 7 nitrogen and oxygen atoms in total. The maximum atomic E-state index is 12.0. The van der Waals surface area contributed by atoms with Gasteiger partial charge in [-0.05, 0) is 5.56 Å². The zero-order valence-corrected chi connectivity index (χ0v) is 11.7. The standard InChI is InChI=1S/C13H14F3N3O4/c14-13(15,16)6-10(20)18-19-11(21)9(7-17-12(22)23)8-4-2-1-3-5-8/h1-5,9,17H,6-7H2,(H,18,20)(H,19,21)(H,22,23). The molecule has 0 aliphatic heterocycles. The Labute approximate surface area is 128 Å². The van der Waals surface area contributed by atoms with Crippen LogP contribution in [-0.2, 0) is 9.59 Å². The molecule has 0 aliphatic carbocycles. The molecule has 0 heterocycles. The summed E-state index contributed by atoms with van der Waals surface area (Å²) in [6.45, 7) is -0.305. The van der Waals surface area contributed by atoms with Gasteiger partial charge in [0, 0.05) is 6.54 Å². The van der Waals surface area contributed by atoms with Crippen LogP contribution in [0, 0.1) is 0 Å². The summed E-state index contributed by atoms with van der Waals surface area (Å²) >= 11 is 0. The van der Waals surface area contributed by atoms with E-state index >= 15 is 0 Å². The molecule has 0 spiro atoms. The molecule has 1 atom stereocenters. The van der Waals surface area contributed by atoms with E-state index in [4.69, 9.17) is 5.11 Å². The molecule has 0 aromatic heterocycles. The molecular formula is C13H14F3N3O4. The monoisotopic (exact) mass is 333 g/mol. The van der Waals surface area contributed by atoms with E-state index in [1.165, 1.54) is 0 Å². The number of halogens is 3. The predicted molar refractivity (Wildman–Crippen MR) is 72.2 cm³/mol. The van der Waals surface area contributed by atoms with Crippen LogP contribution in [0.3, 0.4) is 0 Å². The van der Waals surface area contributed by atoms with Gasteiger partial charge in [-0.3, -0.25) is 20.4 Å². The molecule has 1 aromatic rings. The normalized spacial score (nSPS) is 12.1. The van der Waals surface area contributed by atoms with E-state index in [1.54, 1.807) is 35.8 Å². The van der Waals surface area contributed by atoms with E-state index in [1.807, 2.05) is 10.7 Å². The van der Waals surface area contributed by atoms with Crippen LogP contribution in [0.5, 0.6) is 0 Å². The summed E-state index contributed by atoms with van der Waals surface area (Å²) in [6, 6.07) is 7.99. The summed E-state index contributed by atoms with van der Waals surface area (Å²) in [5, 5.41) is 10.6. The van der Waals surface area contributed by atoms with Crippen LogP contribution >= 0.6 is 0 Å². The van der Waals surface area contributed by atoms with Crippen molar-refractivity contribution < 1.29 is 32.7 Å². The van der Waals surface area contributed by atoms with Crippen LogP contribution in [0.1, 0.15) is 17.9 Å². The first-order chi connectivity index (χ1) is 10.7. The van der Waals surface area contributed by atoms with E-state index in [2.05, 4.69) is 0 Å². The fourth-order valence-electron chi connectivity index (χ4n) is 1.68. The molecule has 126 valence electrons. The Hall–Kier alpha value is -2.78. The zero-order chi connectivity index (χ0) is 17.5. The lowest BCUT2D eigenvalue weighted by Gasteiger charge is -2.17. The van der Waals surface area contributed by atoms with Crippen LogP contribution in [0.25, 0.3) is 0 Å². The summed E-state index contributed by atoms with van der Waals surface area (Å²) < 4.78 is 36.0. The SMILES string of the molecule is O=C(O)NCC(C(=O)NNC(=O)CC(F)(F)F)c1ccccc1. The van der Waals surface area contributed by atoms with Gasteiger partial charge in [0.2, 0.25) is 11.8 Å². The van der Waals surface area contributed by atoms with Crippen molar-refractivity contribution in [1.29, 1.82) is 0 Å². The summed E-state index contributed by atoms with van der Waals surface area (Å²) in [5.74, 6) is -3.29. The third-order valence-corrected chi connectivity index (χ3v) is 2.66. The molecule has 1 unspecified atom stereocenters. The maximum absolute atomic E-state index is 12.0. The minimum atomic E-state index is -4.70. The van der Waals surface area contributed by atoms with Crippen molar-refractivity contribution in [3.05, 3.63) is 35.9 Å². The average molecular weight is 333 g/mol. The predicted octanol–water partition coefficient (Wildman–Crippen LogP) is 1.14. The summed E-state index contributed by atoms with van der Waals surface area (Å²) in [6.07, 6.45) is -7.80. The van der Waals surface area contributed by atoms with Gasteiger partial charge in [-0.25, -0.2) is 4.79 Å². The van der Waals surface area contributed by atoms with Crippen LogP contribution in [0.2, 0.25) is 0 Å². The van der Waals surface area contributed by atoms with E-state index < -0.39 is 36.4 Å². The first kappa shape index (κ1) is 18.3. The van der Waals surface area contributed by atoms with Crippen LogP contribution in [-0.4, -0.2) is 35.7 Å². The number of carboxylic acid groups (broad SMARTS) is 1. The van der Waals surface area contributed by atoms with Crippen LogP contribution < -0.4 is 16.2 Å². The lowest BCUT2D eigenvalue weighted by molar-refractivity contribution is -0.155. The molecule has 4 N–H and O–H groups in total. The summed E-state index contributed by atoms with van der Waals surface area (Å²) in [7, 11) is 0. The second-order valence-corrected chi connectivity index (χ2v) is 4.48. The largest absolute Gasteiger partial charge is 0.465 e. The summed E-state index contributed by atoms with van der Waals surface area (Å²) in [5.41, 5.74) is 3.93. The molecule has 0 radical (unpaired) electrons. The van der Waals surface area contributed by atoms with Gasteiger partial charge in [0.05, 0.1) is 5.92 Å². The smallest absolute Gasteiger partial charge is 0.404 e. The number of hydrazine groups is 1. The van der Waals surface area contributed by atoms with E-state index in [-0.39, 0.29) is 6.54 Å². The first-order valence-corrected chi connectivity index (χ1v) is 6.36. The molecule has 1 aromatic carbocycles. The van der Waals surface area contributed by atoms with Gasteiger partial charge < -0.3 is 10.4 Å². The fourth-order valence-corrected chi connectivity index (χ4v) is 1.68. The molecule has 0 fully saturated rings. The van der Waals surface area contributed by atoms with Crippen LogP contribution in [0.15, 0.2) is 30.3 Å². The molecule has 0 saturated carbocycles. The number of rotatable bonds is 5. The third-order valence-electron chi connectivity index (χ3n) is 2.66. The van der Waals surface area contributed by atoms with Gasteiger partial charge in [0.25, 0.3) is 0 Å². The van der Waals surface area contributed by atoms with Crippen molar-refractivity contribution in [3.63, 3.8) is 0 Å². The summed E-state index contributed by atoms with van der Waals surface area (Å²) in [4.78, 5) is 33.6. The lowest BCUT2D eigenvalue weighted by Crippen LogP contribution is -2.47. The number of benzene rings is 1. The Morgan fingerprint density at radius 2 is 1.70 bits per heavy atom. The van der Waals surface area contributed by atoms with Crippen LogP contribution in [0.4, 0.5) is 18.0 Å². The quantitative estimate of drug-likeness (QED) is 0.606. The molecule has 3 amide bonds. The number of amides is 3. The Morgan fingerprint density at radius 3 is 2.22 bits per heavy atom. The minimum absolute atomic E-state index is 0.305. The highest BCUT2D eigenvalue weighted by Gasteiger charge is 2.31. The van der Waals surface area contributed by atoms with Crippen molar-refractivity contribution in [1.82, 2.24) is 16.2 Å². The average Bonchev–Trinajstić information content (AvgIpc) is 2.44. The second-order valence-electron chi connectivity index (χ2n) is 4.48. The molecule has 0 aliphatic rings. The van der Waals surface area contributed by atoms with Crippen molar-refractivity contribution in [3.8, 4) is 0 Å². The molecule has 10 heteroatoms. The number of nitrogens with one attached hydrogen (secondary N) is 3. The Morgan fingerprint density at radius 1 is 1.09 bits per heavy atom. The van der Waals surface area contributed by atoms with Crippen molar-refractivity contribution in [2.75, 3.05) is 6.54 Å². The second kappa shape index (κ2) is 8.01. The maximum Gasteiger partial charge on any atom is 0.404 e. The van der Waals surface area contributed by atoms with E-state index in [9.17, 15) is 27.6 Å². The number of carbonyl (C=O) groups excluding carboxylic acids is 2. The number of carbonyl (C=O) groups is 3. The Kier molecular flexibility index (Phi) is 6.36. The van der Waals surface area contributed by atoms with Gasteiger partial charge in [-0.2, -0.15) is 13.2 Å². The molecular weight excluding hydrogens is 319 g/mol. The number of alkyl halides is 3. The minimum Gasteiger partial charge on any atom is -0.465 e. The lowest BCUT2D eigenvalue weighted by atomic mass is 9.98. The van der Waals surface area contributed by atoms with Crippen molar-refractivity contribution in [2.45, 2.75) is 18.5 Å². The van der Waals surface area contributed by atoms with Gasteiger partial charge in [0.1, 0.15) is 6.42 Å². The van der Waals surface area contributed by atoms with Gasteiger partial charge in [-0.15, -0.1) is 0 Å². The number of hydrogen-bond acceptors (Lipinski definition) is 3. The molecule has 1 rings (SSSR count). The molecule has 0 saturated heterocycles. The van der Waals surface area contributed by atoms with Crippen molar-refractivity contribution >= 4 is 17.9 Å². The highest BCUT2D eigenvalue weighted by molar-refractivity contribution is 5.87. The number of hydrogen-bond donors (Lipinski definition) is 4. The third kappa shape index (κ3) is 7.16. The van der Waals surface area contributed by atoms with E-state index in [0.717, 1.165) is 0 Å². The van der Waals surface area contributed by atoms with Crippen molar-refractivity contribution in [2.24, 2.45) is 0 Å². The first-order valence-electron chi connectivity index (χ1n) is 6.36. The Balaban J connectivity index is 2.69. The molecule has 0 bridgehead atoms. The van der Waals surface area contributed by atoms with E-state index in [0.29, 0.717) is 5.56 Å².